The minimum absolute atomic E-state index is 0.0141. The molecule has 1 aliphatic carbocycles. The largest absolute Gasteiger partial charge is 0.389 e. The Labute approximate surface area is 230 Å². The van der Waals surface area contributed by atoms with Crippen molar-refractivity contribution in [2.45, 2.75) is 25.5 Å². The Morgan fingerprint density at radius 1 is 1.25 bits per heavy atom. The van der Waals surface area contributed by atoms with Crippen LogP contribution >= 0.6 is 0 Å². The van der Waals surface area contributed by atoms with E-state index in [2.05, 4.69) is 10.6 Å². The van der Waals surface area contributed by atoms with Gasteiger partial charge in [-0.05, 0) is 54.8 Å². The van der Waals surface area contributed by atoms with Crippen LogP contribution in [0.1, 0.15) is 25.0 Å². The minimum atomic E-state index is -3.53. The fraction of sp³-hybridized carbons (Fsp3) is 0.357. The lowest BCUT2D eigenvalue weighted by Gasteiger charge is -2.38. The Morgan fingerprint density at radius 2 is 1.98 bits per heavy atom. The average molecular weight is 573 g/mol. The monoisotopic (exact) mass is 572 g/mol. The molecule has 3 heterocycles. The van der Waals surface area contributed by atoms with Crippen LogP contribution in [-0.4, -0.2) is 60.7 Å². The van der Waals surface area contributed by atoms with Crippen LogP contribution in [0.2, 0.25) is 0 Å². The zero-order chi connectivity index (χ0) is 29.1. The number of pyridine rings is 1. The van der Waals surface area contributed by atoms with Gasteiger partial charge in [0.05, 0.1) is 40.3 Å². The first-order valence-electron chi connectivity index (χ1n) is 12.7. The first kappa shape index (κ1) is 27.8. The Morgan fingerprint density at radius 3 is 2.62 bits per heavy atom. The number of halogens is 2. The molecule has 3 N–H and O–H groups in total. The molecule has 0 spiro atoms. The topological polar surface area (TPSA) is 121 Å². The maximum atomic E-state index is 15.1. The second-order valence-electron chi connectivity index (χ2n) is 11.1. The van der Waals surface area contributed by atoms with Gasteiger partial charge in [-0.1, -0.05) is 0 Å². The van der Waals surface area contributed by atoms with E-state index in [9.17, 15) is 27.5 Å². The quantitative estimate of drug-likeness (QED) is 0.482. The summed E-state index contributed by atoms with van der Waals surface area (Å²) < 4.78 is 55.2. The van der Waals surface area contributed by atoms with Crippen LogP contribution in [0.4, 0.5) is 14.5 Å². The van der Waals surface area contributed by atoms with E-state index in [4.69, 9.17) is 0 Å². The number of hydrogen-bond acceptors (Lipinski definition) is 7. The van der Waals surface area contributed by atoms with Crippen molar-refractivity contribution in [3.05, 3.63) is 87.0 Å². The van der Waals surface area contributed by atoms with E-state index in [1.807, 2.05) is 0 Å². The molecule has 3 aliphatic rings. The van der Waals surface area contributed by atoms with Crippen LogP contribution in [0.3, 0.4) is 0 Å². The van der Waals surface area contributed by atoms with Crippen LogP contribution in [0, 0.1) is 17.6 Å². The van der Waals surface area contributed by atoms with Crippen molar-refractivity contribution in [1.82, 2.24) is 15.2 Å². The zero-order valence-corrected chi connectivity index (χ0v) is 23.3. The second kappa shape index (κ2) is 9.70. The standard InChI is InChI=1S/C28H30F2N4O5S/c1-28(2,37)14-32-26(35)19-11-31-24-22-15(12-34(25(19)22)21-6-5-17(29)10-20(21)30)9-16(13-40(4,38)39)18-7-8-33(3)27(36)23(18)24/h5-10,12,19,25,31,37H,11,13-14H2,1-4H3,(H,32,35). The van der Waals surface area contributed by atoms with Crippen molar-refractivity contribution < 1.29 is 27.1 Å². The molecule has 1 amide bonds. The van der Waals surface area contributed by atoms with Gasteiger partial charge in [0.15, 0.2) is 9.84 Å². The molecule has 40 heavy (non-hydrogen) atoms. The van der Waals surface area contributed by atoms with Crippen molar-refractivity contribution in [2.75, 3.05) is 30.0 Å². The fourth-order valence-electron chi connectivity index (χ4n) is 5.44. The summed E-state index contributed by atoms with van der Waals surface area (Å²) in [5.41, 5.74) is 0.968. The summed E-state index contributed by atoms with van der Waals surface area (Å²) in [5, 5.41) is 16.1. The summed E-state index contributed by atoms with van der Waals surface area (Å²) in [5.74, 6) is -3.20. The molecule has 2 aliphatic heterocycles. The zero-order valence-electron chi connectivity index (χ0n) is 22.5. The number of aliphatic hydroxyl groups is 1. The fourth-order valence-corrected chi connectivity index (χ4v) is 6.24. The van der Waals surface area contributed by atoms with Crippen molar-refractivity contribution in [3.8, 4) is 0 Å². The molecular formula is C28H30F2N4O5S. The van der Waals surface area contributed by atoms with Gasteiger partial charge in [0.25, 0.3) is 5.56 Å². The van der Waals surface area contributed by atoms with E-state index >= 15 is 4.39 Å². The summed E-state index contributed by atoms with van der Waals surface area (Å²) in [6.07, 6.45) is 5.90. The number of nitrogens with one attached hydrogen (secondary N) is 2. The van der Waals surface area contributed by atoms with Crippen LogP contribution in [-0.2, 0) is 21.7 Å². The number of hydrogen-bond donors (Lipinski definition) is 3. The molecule has 1 aromatic carbocycles. The number of aryl methyl sites for hydroxylation is 1. The lowest BCUT2D eigenvalue weighted by atomic mass is 9.84. The number of sulfone groups is 1. The van der Waals surface area contributed by atoms with Gasteiger partial charge in [-0.15, -0.1) is 0 Å². The van der Waals surface area contributed by atoms with Gasteiger partial charge in [-0.3, -0.25) is 9.59 Å². The molecule has 12 heteroatoms. The van der Waals surface area contributed by atoms with E-state index in [-0.39, 0.29) is 35.7 Å². The third-order valence-electron chi connectivity index (χ3n) is 7.17. The number of carbonyl (C=O) groups excluding carboxylic acids is 1. The smallest absolute Gasteiger partial charge is 0.260 e. The van der Waals surface area contributed by atoms with E-state index in [0.717, 1.165) is 18.4 Å². The van der Waals surface area contributed by atoms with E-state index in [1.54, 1.807) is 45.4 Å². The molecule has 0 saturated heterocycles. The highest BCUT2D eigenvalue weighted by atomic mass is 32.2. The molecule has 0 radical (unpaired) electrons. The molecule has 9 nitrogen and oxygen atoms in total. The minimum Gasteiger partial charge on any atom is -0.389 e. The van der Waals surface area contributed by atoms with Crippen LogP contribution in [0.5, 0.6) is 0 Å². The van der Waals surface area contributed by atoms with Gasteiger partial charge in [0.1, 0.15) is 11.6 Å². The number of nitrogens with zero attached hydrogens (tertiary/aromatic N) is 2. The molecule has 0 fully saturated rings. The second-order valence-corrected chi connectivity index (χ2v) is 13.2. The lowest BCUT2D eigenvalue weighted by Crippen LogP contribution is -2.53. The third kappa shape index (κ3) is 5.08. The van der Waals surface area contributed by atoms with Gasteiger partial charge in [0, 0.05) is 50.4 Å². The highest BCUT2D eigenvalue weighted by molar-refractivity contribution is 7.91. The van der Waals surface area contributed by atoms with Crippen molar-refractivity contribution >= 4 is 32.7 Å². The summed E-state index contributed by atoms with van der Waals surface area (Å²) in [4.78, 5) is 28.5. The van der Waals surface area contributed by atoms with E-state index in [0.29, 0.717) is 28.0 Å². The van der Waals surface area contributed by atoms with Crippen LogP contribution < -0.4 is 21.1 Å². The lowest BCUT2D eigenvalue weighted by molar-refractivity contribution is -0.126. The molecule has 212 valence electrons. The molecule has 2 unspecified atom stereocenters. The molecular weight excluding hydrogens is 542 g/mol. The maximum absolute atomic E-state index is 15.1. The number of amides is 1. The van der Waals surface area contributed by atoms with Gasteiger partial charge in [-0.2, -0.15) is 0 Å². The van der Waals surface area contributed by atoms with Gasteiger partial charge in [0.2, 0.25) is 5.91 Å². The molecule has 2 aromatic rings. The third-order valence-corrected chi connectivity index (χ3v) is 8.00. The van der Waals surface area contributed by atoms with Crippen LogP contribution in [0.25, 0.3) is 11.3 Å². The first-order chi connectivity index (χ1) is 18.6. The number of anilines is 1. The Balaban J connectivity index is 1.75. The van der Waals surface area contributed by atoms with Crippen LogP contribution in [0.15, 0.2) is 58.7 Å². The number of allylic oxidation sites excluding steroid dienone is 1. The van der Waals surface area contributed by atoms with E-state index < -0.39 is 44.9 Å². The first-order valence-corrected chi connectivity index (χ1v) is 14.7. The van der Waals surface area contributed by atoms with Gasteiger partial charge in [-0.25, -0.2) is 17.2 Å². The van der Waals surface area contributed by atoms with Gasteiger partial charge >= 0.3 is 0 Å². The number of rotatable bonds is 6. The number of benzene rings is 1. The molecule has 2 atom stereocenters. The molecule has 5 rings (SSSR count). The Hall–Kier alpha value is -3.77. The van der Waals surface area contributed by atoms with Gasteiger partial charge < -0.3 is 25.2 Å². The molecule has 1 aromatic heterocycles. The number of carbonyl (C=O) groups is 1. The van der Waals surface area contributed by atoms with E-state index in [1.165, 1.54) is 15.5 Å². The maximum Gasteiger partial charge on any atom is 0.260 e. The normalized spacial score (nSPS) is 20.2. The van der Waals surface area contributed by atoms with Crippen molar-refractivity contribution in [1.29, 1.82) is 0 Å². The predicted octanol–water partition coefficient (Wildman–Crippen LogP) is 1.70. The summed E-state index contributed by atoms with van der Waals surface area (Å²) in [7, 11) is -1.94. The molecule has 0 bridgehead atoms. The predicted molar refractivity (Wildman–Crippen MR) is 148 cm³/mol. The SMILES string of the molecule is Cn1ccc2c(c1=O)C1=C3C(=CN(c4ccc(F)cc4F)C3C(C(=O)NCC(C)(C)O)CN1)C=C2CS(C)(=O)=O. The number of fused-ring (bicyclic) bond motifs is 2. The average Bonchev–Trinajstić information content (AvgIpc) is 3.15. The highest BCUT2D eigenvalue weighted by Gasteiger charge is 2.46. The molecule has 0 saturated carbocycles. The van der Waals surface area contributed by atoms with Crippen molar-refractivity contribution in [2.24, 2.45) is 13.0 Å². The highest BCUT2D eigenvalue weighted by Crippen LogP contribution is 2.46. The summed E-state index contributed by atoms with van der Waals surface area (Å²) in [6.45, 7) is 3.12. The Kier molecular flexibility index (Phi) is 6.74. The van der Waals surface area contributed by atoms with Crippen molar-refractivity contribution in [3.63, 3.8) is 0 Å². The summed E-state index contributed by atoms with van der Waals surface area (Å²) in [6, 6.07) is 3.99. The summed E-state index contributed by atoms with van der Waals surface area (Å²) >= 11 is 0. The number of aromatic nitrogens is 1. The Bertz CT molecular complexity index is 1680.